The molecule has 0 bridgehead atoms. The number of halogens is 3. The van der Waals surface area contributed by atoms with E-state index < -0.39 is 18.3 Å². The number of nitrogens with one attached hydrogen (secondary N) is 1. The smallest absolute Gasteiger partial charge is 0.362 e. The lowest BCUT2D eigenvalue weighted by atomic mass is 9.94. The average Bonchev–Trinajstić information content (AvgIpc) is 2.92. The van der Waals surface area contributed by atoms with Gasteiger partial charge in [-0.3, -0.25) is 5.43 Å². The molecule has 2 N–H and O–H groups in total. The highest BCUT2D eigenvalue weighted by atomic mass is 19.4. The van der Waals surface area contributed by atoms with E-state index in [1.165, 1.54) is 0 Å². The molecule has 0 saturated heterocycles. The van der Waals surface area contributed by atoms with Gasteiger partial charge in [-0.05, 0) is 17.5 Å². The molecule has 0 spiro atoms. The van der Waals surface area contributed by atoms with E-state index in [0.717, 1.165) is 11.1 Å². The molecule has 0 fully saturated rings. The summed E-state index contributed by atoms with van der Waals surface area (Å²) in [5.41, 5.74) is 1.57. The Kier molecular flexibility index (Phi) is 3.85. The predicted octanol–water partition coefficient (Wildman–Crippen LogP) is 3.23. The molecule has 1 heterocycles. The molecule has 1 unspecified atom stereocenters. The number of rotatable bonds is 3. The minimum absolute atomic E-state index is 0.205. The molecular weight excluding hydrogens is 307 g/mol. The van der Waals surface area contributed by atoms with Crippen molar-refractivity contribution in [3.8, 4) is 0 Å². The van der Waals surface area contributed by atoms with E-state index in [4.69, 9.17) is 0 Å². The Morgan fingerprint density at radius 3 is 2.35 bits per heavy atom. The summed E-state index contributed by atoms with van der Waals surface area (Å²) < 4.78 is 38.7. The third-order valence-electron chi connectivity index (χ3n) is 3.83. The first-order valence-corrected chi connectivity index (χ1v) is 7.14. The van der Waals surface area contributed by atoms with Crippen molar-refractivity contribution in [1.82, 2.24) is 5.43 Å². The Hall–Kier alpha value is -2.34. The first-order valence-electron chi connectivity index (χ1n) is 7.14. The number of hydrazone groups is 1. The van der Waals surface area contributed by atoms with Gasteiger partial charge in [0.15, 0.2) is 0 Å². The van der Waals surface area contributed by atoms with Crippen molar-refractivity contribution in [3.63, 3.8) is 0 Å². The van der Waals surface area contributed by atoms with Crippen LogP contribution in [0.1, 0.15) is 23.1 Å². The summed E-state index contributed by atoms with van der Waals surface area (Å²) in [6.45, 7) is 0. The molecule has 0 saturated carbocycles. The predicted molar refractivity (Wildman–Crippen MR) is 81.0 cm³/mol. The Morgan fingerprint density at radius 1 is 1.04 bits per heavy atom. The molecule has 2 aromatic rings. The van der Waals surface area contributed by atoms with Crippen molar-refractivity contribution in [2.45, 2.75) is 24.7 Å². The molecule has 23 heavy (non-hydrogen) atoms. The number of hydrogen-bond acceptors (Lipinski definition) is 3. The molecule has 3 nitrogen and oxygen atoms in total. The Morgan fingerprint density at radius 2 is 1.70 bits per heavy atom. The highest BCUT2D eigenvalue weighted by Gasteiger charge is 2.57. The van der Waals surface area contributed by atoms with Crippen LogP contribution in [-0.4, -0.2) is 22.7 Å². The van der Waals surface area contributed by atoms with Crippen LogP contribution in [0.2, 0.25) is 0 Å². The zero-order valence-electron chi connectivity index (χ0n) is 12.1. The van der Waals surface area contributed by atoms with Gasteiger partial charge in [-0.25, -0.2) is 0 Å². The van der Waals surface area contributed by atoms with Crippen LogP contribution in [-0.2, 0) is 6.42 Å². The van der Waals surface area contributed by atoms with Crippen molar-refractivity contribution in [3.05, 3.63) is 71.3 Å². The molecule has 6 heteroatoms. The summed E-state index contributed by atoms with van der Waals surface area (Å²) in [6, 6.07) is 16.8. The zero-order valence-corrected chi connectivity index (χ0v) is 12.1. The van der Waals surface area contributed by atoms with Crippen LogP contribution in [0, 0.1) is 0 Å². The molecule has 1 aliphatic rings. The van der Waals surface area contributed by atoms with Crippen LogP contribution >= 0.6 is 0 Å². The first kappa shape index (κ1) is 15.6. The van der Waals surface area contributed by atoms with E-state index in [1.807, 2.05) is 47.9 Å². The van der Waals surface area contributed by atoms with Crippen LogP contribution in [0.25, 0.3) is 0 Å². The summed E-state index contributed by atoms with van der Waals surface area (Å²) in [4.78, 5) is 0. The van der Waals surface area contributed by atoms with Crippen LogP contribution in [0.4, 0.5) is 13.2 Å². The monoisotopic (exact) mass is 322 g/mol. The zero-order chi connectivity index (χ0) is 16.5. The van der Waals surface area contributed by atoms with Crippen LogP contribution in [0.15, 0.2) is 59.7 Å². The minimum atomic E-state index is -4.79. The summed E-state index contributed by atoms with van der Waals surface area (Å²) in [5.74, 6) is 0. The summed E-state index contributed by atoms with van der Waals surface area (Å²) in [6.07, 6.45) is -4.81. The maximum Gasteiger partial charge on any atom is 0.438 e. The molecular formula is C17H15F3N2O. The van der Waals surface area contributed by atoms with Gasteiger partial charge in [-0.1, -0.05) is 54.6 Å². The van der Waals surface area contributed by atoms with E-state index in [9.17, 15) is 18.3 Å². The van der Waals surface area contributed by atoms with E-state index in [2.05, 4.69) is 5.10 Å². The fourth-order valence-electron chi connectivity index (χ4n) is 2.57. The average molecular weight is 322 g/mol. The van der Waals surface area contributed by atoms with Crippen LogP contribution in [0.5, 0.6) is 0 Å². The molecule has 120 valence electrons. The molecule has 2 aromatic carbocycles. The van der Waals surface area contributed by atoms with Crippen molar-refractivity contribution in [1.29, 1.82) is 0 Å². The maximum atomic E-state index is 12.9. The van der Waals surface area contributed by atoms with Gasteiger partial charge in [0.25, 0.3) is 5.72 Å². The van der Waals surface area contributed by atoms with E-state index in [-0.39, 0.29) is 5.71 Å². The number of benzene rings is 2. The quantitative estimate of drug-likeness (QED) is 0.852. The van der Waals surface area contributed by atoms with Crippen molar-refractivity contribution in [2.75, 3.05) is 0 Å². The van der Waals surface area contributed by atoms with E-state index in [1.54, 1.807) is 12.1 Å². The van der Waals surface area contributed by atoms with Gasteiger partial charge in [0, 0.05) is 5.56 Å². The van der Waals surface area contributed by atoms with Gasteiger partial charge in [0.2, 0.25) is 0 Å². The fourth-order valence-corrected chi connectivity index (χ4v) is 2.57. The van der Waals surface area contributed by atoms with Gasteiger partial charge < -0.3 is 5.11 Å². The van der Waals surface area contributed by atoms with Crippen LogP contribution in [0.3, 0.4) is 0 Å². The second-order valence-electron chi connectivity index (χ2n) is 5.52. The van der Waals surface area contributed by atoms with Crippen molar-refractivity contribution < 1.29 is 18.3 Å². The maximum absolute atomic E-state index is 12.9. The van der Waals surface area contributed by atoms with Crippen molar-refractivity contribution >= 4 is 5.71 Å². The molecule has 0 radical (unpaired) electrons. The highest BCUT2D eigenvalue weighted by molar-refractivity contribution is 6.03. The SMILES string of the molecule is OC1(C(F)(F)F)CC(c2ccccc2Cc2ccccc2)=[15N][15NH]1. The van der Waals surface area contributed by atoms with Gasteiger partial charge in [0.05, 0.1) is 12.1 Å². The number of aliphatic hydroxyl groups is 1. The highest BCUT2D eigenvalue weighted by Crippen LogP contribution is 2.35. The third kappa shape index (κ3) is 3.07. The normalized spacial score (nSPS) is 21.0. The number of alkyl halides is 3. The Balaban J connectivity index is 1.88. The lowest BCUT2D eigenvalue weighted by Crippen LogP contribution is -2.52. The Bertz CT molecular complexity index is 728. The molecule has 1 aliphatic heterocycles. The van der Waals surface area contributed by atoms with E-state index in [0.29, 0.717) is 12.0 Å². The molecule has 3 rings (SSSR count). The fraction of sp³-hybridized carbons (Fsp3) is 0.235. The Labute approximate surface area is 131 Å². The van der Waals surface area contributed by atoms with Gasteiger partial charge in [0.1, 0.15) is 0 Å². The third-order valence-corrected chi connectivity index (χ3v) is 3.83. The second-order valence-corrected chi connectivity index (χ2v) is 5.52. The molecule has 1 atom stereocenters. The van der Waals surface area contributed by atoms with Crippen LogP contribution < -0.4 is 5.43 Å². The number of nitrogens with zero attached hydrogens (tertiary/aromatic N) is 1. The molecule has 0 aliphatic carbocycles. The number of hydrogen-bond donors (Lipinski definition) is 2. The lowest BCUT2D eigenvalue weighted by Gasteiger charge is -2.24. The lowest BCUT2D eigenvalue weighted by molar-refractivity contribution is -0.266. The standard InChI is InChI=1S/C17H15F3N2O/c18-17(19,20)16(23)11-15(21-22-16)14-9-5-4-8-13(14)10-12-6-2-1-3-7-12/h1-9,22-23H,10-11H2/i21+1,22+1. The van der Waals surface area contributed by atoms with Gasteiger partial charge in [-0.15, -0.1) is 0 Å². The summed E-state index contributed by atoms with van der Waals surface area (Å²) in [5, 5.41) is 13.4. The second kappa shape index (κ2) is 5.70. The van der Waals surface area contributed by atoms with Gasteiger partial charge >= 0.3 is 6.18 Å². The molecule has 0 amide bonds. The minimum Gasteiger partial charge on any atom is -0.362 e. The van der Waals surface area contributed by atoms with Crippen molar-refractivity contribution in [2.24, 2.45) is 5.10 Å². The van der Waals surface area contributed by atoms with Gasteiger partial charge in [-0.2, -0.15) is 18.3 Å². The first-order chi connectivity index (χ1) is 10.9. The molecule has 0 aromatic heterocycles. The summed E-state index contributed by atoms with van der Waals surface area (Å²) >= 11 is 0. The largest absolute Gasteiger partial charge is 0.438 e. The van der Waals surface area contributed by atoms with E-state index >= 15 is 0 Å². The summed E-state index contributed by atoms with van der Waals surface area (Å²) in [7, 11) is 0. The topological polar surface area (TPSA) is 44.6 Å².